The topological polar surface area (TPSA) is 41.3 Å². The summed E-state index contributed by atoms with van der Waals surface area (Å²) >= 11 is 0. The number of hydrazine groups is 1. The molecule has 0 saturated carbocycles. The summed E-state index contributed by atoms with van der Waals surface area (Å²) in [5.74, 6) is 5.86. The second kappa shape index (κ2) is 9.76. The van der Waals surface area contributed by atoms with Gasteiger partial charge in [-0.25, -0.2) is 0 Å². The highest BCUT2D eigenvalue weighted by Crippen LogP contribution is 2.30. The quantitative estimate of drug-likeness (QED) is 0.339. The highest BCUT2D eigenvalue weighted by molar-refractivity contribution is 4.97. The Morgan fingerprint density at radius 1 is 1.00 bits per heavy atom. The van der Waals surface area contributed by atoms with Crippen molar-refractivity contribution in [2.24, 2.45) is 5.84 Å². The van der Waals surface area contributed by atoms with Gasteiger partial charge in [0, 0.05) is 11.6 Å². The van der Waals surface area contributed by atoms with E-state index in [0.717, 1.165) is 25.9 Å². The van der Waals surface area contributed by atoms with Crippen molar-refractivity contribution >= 4 is 0 Å². The van der Waals surface area contributed by atoms with E-state index >= 15 is 0 Å². The molecule has 0 amide bonds. The zero-order chi connectivity index (χ0) is 14.0. The highest BCUT2D eigenvalue weighted by atomic mass is 15.3. The number of hydrogen-bond donors (Lipinski definition) is 2. The summed E-state index contributed by atoms with van der Waals surface area (Å²) in [6.07, 6.45) is 7.35. The SMILES string of the molecule is CCCCCC(NN)C(CC)(CC)N(CC)CC. The molecule has 0 heterocycles. The Bertz CT molecular complexity index is 186. The lowest BCUT2D eigenvalue weighted by Gasteiger charge is -2.48. The Hall–Kier alpha value is -0.120. The average molecular weight is 257 g/mol. The molecule has 0 radical (unpaired) electrons. The van der Waals surface area contributed by atoms with Crippen LogP contribution >= 0.6 is 0 Å². The monoisotopic (exact) mass is 257 g/mol. The molecule has 0 bridgehead atoms. The number of nitrogens with zero attached hydrogens (tertiary/aromatic N) is 1. The molecule has 3 nitrogen and oxygen atoms in total. The molecular weight excluding hydrogens is 222 g/mol. The van der Waals surface area contributed by atoms with Crippen LogP contribution in [0.25, 0.3) is 0 Å². The van der Waals surface area contributed by atoms with Crippen molar-refractivity contribution in [3.05, 3.63) is 0 Å². The first-order chi connectivity index (χ1) is 8.66. The molecule has 0 aromatic rings. The van der Waals surface area contributed by atoms with Gasteiger partial charge in [0.25, 0.3) is 0 Å². The molecule has 0 aliphatic heterocycles. The van der Waals surface area contributed by atoms with Crippen LogP contribution in [0.15, 0.2) is 0 Å². The summed E-state index contributed by atoms with van der Waals surface area (Å²) in [6, 6.07) is 0.402. The van der Waals surface area contributed by atoms with Gasteiger partial charge in [-0.3, -0.25) is 16.2 Å². The van der Waals surface area contributed by atoms with Crippen LogP contribution in [0.4, 0.5) is 0 Å². The molecule has 0 aliphatic carbocycles. The van der Waals surface area contributed by atoms with E-state index in [1.165, 1.54) is 25.7 Å². The number of rotatable bonds is 11. The van der Waals surface area contributed by atoms with E-state index in [2.05, 4.69) is 44.9 Å². The first-order valence-electron chi connectivity index (χ1n) is 7.87. The first-order valence-corrected chi connectivity index (χ1v) is 7.87. The van der Waals surface area contributed by atoms with Gasteiger partial charge in [-0.05, 0) is 32.4 Å². The molecule has 0 saturated heterocycles. The minimum absolute atomic E-state index is 0.214. The number of hydrogen-bond acceptors (Lipinski definition) is 3. The Labute approximate surface area is 114 Å². The third kappa shape index (κ3) is 4.22. The zero-order valence-electron chi connectivity index (χ0n) is 13.3. The fourth-order valence-electron chi connectivity index (χ4n) is 3.37. The van der Waals surface area contributed by atoms with Crippen LogP contribution in [-0.2, 0) is 0 Å². The van der Waals surface area contributed by atoms with Crippen molar-refractivity contribution in [1.82, 2.24) is 10.3 Å². The van der Waals surface area contributed by atoms with Gasteiger partial charge in [-0.1, -0.05) is 53.9 Å². The lowest BCUT2D eigenvalue weighted by molar-refractivity contribution is 0.0451. The molecule has 0 fully saturated rings. The van der Waals surface area contributed by atoms with E-state index in [9.17, 15) is 0 Å². The normalized spacial score (nSPS) is 14.2. The van der Waals surface area contributed by atoms with Gasteiger partial charge >= 0.3 is 0 Å². The predicted octanol–water partition coefficient (Wildman–Crippen LogP) is 3.30. The number of likely N-dealkylation sites (N-methyl/N-ethyl adjacent to an activating group) is 1. The summed E-state index contributed by atoms with van der Waals surface area (Å²) in [5, 5.41) is 0. The van der Waals surface area contributed by atoms with Crippen molar-refractivity contribution in [3.8, 4) is 0 Å². The maximum absolute atomic E-state index is 5.86. The van der Waals surface area contributed by atoms with Gasteiger partial charge in [0.15, 0.2) is 0 Å². The number of nitrogens with one attached hydrogen (secondary N) is 1. The van der Waals surface area contributed by atoms with Crippen molar-refractivity contribution in [1.29, 1.82) is 0 Å². The van der Waals surface area contributed by atoms with Crippen LogP contribution in [0.2, 0.25) is 0 Å². The van der Waals surface area contributed by atoms with Gasteiger partial charge in [0.2, 0.25) is 0 Å². The van der Waals surface area contributed by atoms with Gasteiger partial charge in [0.05, 0.1) is 0 Å². The van der Waals surface area contributed by atoms with Gasteiger partial charge in [-0.15, -0.1) is 0 Å². The van der Waals surface area contributed by atoms with Gasteiger partial charge in [0.1, 0.15) is 0 Å². The maximum atomic E-state index is 5.86. The highest BCUT2D eigenvalue weighted by Gasteiger charge is 2.38. The largest absolute Gasteiger partial charge is 0.297 e. The third-order valence-corrected chi connectivity index (χ3v) is 4.56. The third-order valence-electron chi connectivity index (χ3n) is 4.56. The first kappa shape index (κ1) is 17.9. The van der Waals surface area contributed by atoms with Crippen molar-refractivity contribution in [2.45, 2.75) is 84.7 Å². The smallest absolute Gasteiger partial charge is 0.0394 e. The summed E-state index contributed by atoms with van der Waals surface area (Å²) in [6.45, 7) is 13.6. The summed E-state index contributed by atoms with van der Waals surface area (Å²) in [4.78, 5) is 2.59. The number of unbranched alkanes of at least 4 members (excludes halogenated alkanes) is 2. The lowest BCUT2D eigenvalue weighted by atomic mass is 9.80. The van der Waals surface area contributed by atoms with Gasteiger partial charge in [-0.2, -0.15) is 0 Å². The Balaban J connectivity index is 4.88. The second-order valence-electron chi connectivity index (χ2n) is 5.20. The fraction of sp³-hybridized carbons (Fsp3) is 1.00. The zero-order valence-corrected chi connectivity index (χ0v) is 13.3. The van der Waals surface area contributed by atoms with Gasteiger partial charge < -0.3 is 0 Å². The van der Waals surface area contributed by atoms with Crippen LogP contribution < -0.4 is 11.3 Å². The van der Waals surface area contributed by atoms with Crippen LogP contribution in [0.5, 0.6) is 0 Å². The van der Waals surface area contributed by atoms with E-state index < -0.39 is 0 Å². The predicted molar refractivity (Wildman–Crippen MR) is 81.5 cm³/mol. The van der Waals surface area contributed by atoms with Crippen molar-refractivity contribution in [2.75, 3.05) is 13.1 Å². The average Bonchev–Trinajstić information content (AvgIpc) is 2.42. The standard InChI is InChI=1S/C15H35N3/c1-6-11-12-13-14(17-16)15(7-2,8-3)18(9-4)10-5/h14,17H,6-13,16H2,1-5H3. The van der Waals surface area contributed by atoms with Crippen molar-refractivity contribution < 1.29 is 0 Å². The minimum Gasteiger partial charge on any atom is -0.297 e. The second-order valence-corrected chi connectivity index (χ2v) is 5.20. The van der Waals surface area contributed by atoms with Crippen LogP contribution in [0.1, 0.15) is 73.1 Å². The summed E-state index contributed by atoms with van der Waals surface area (Å²) in [7, 11) is 0. The van der Waals surface area contributed by atoms with E-state index in [-0.39, 0.29) is 5.54 Å². The molecule has 3 heteroatoms. The molecule has 0 rings (SSSR count). The van der Waals surface area contributed by atoms with Crippen LogP contribution in [-0.4, -0.2) is 29.6 Å². The minimum atomic E-state index is 0.214. The molecule has 0 aromatic heterocycles. The molecule has 18 heavy (non-hydrogen) atoms. The molecular formula is C15H35N3. The Morgan fingerprint density at radius 2 is 1.56 bits per heavy atom. The molecule has 1 unspecified atom stereocenters. The van der Waals surface area contributed by atoms with Crippen molar-refractivity contribution in [3.63, 3.8) is 0 Å². The fourth-order valence-corrected chi connectivity index (χ4v) is 3.37. The molecule has 3 N–H and O–H groups in total. The molecule has 1 atom stereocenters. The molecule has 110 valence electrons. The van der Waals surface area contributed by atoms with E-state index in [1.54, 1.807) is 0 Å². The van der Waals surface area contributed by atoms with E-state index in [0.29, 0.717) is 6.04 Å². The molecule has 0 aliphatic rings. The lowest BCUT2D eigenvalue weighted by Crippen LogP contribution is -2.62. The van der Waals surface area contributed by atoms with Crippen LogP contribution in [0.3, 0.4) is 0 Å². The van der Waals surface area contributed by atoms with E-state index in [1.807, 2.05) is 0 Å². The summed E-state index contributed by atoms with van der Waals surface area (Å²) < 4.78 is 0. The summed E-state index contributed by atoms with van der Waals surface area (Å²) in [5.41, 5.74) is 3.33. The number of nitrogens with two attached hydrogens (primary N) is 1. The molecule has 0 aromatic carbocycles. The van der Waals surface area contributed by atoms with E-state index in [4.69, 9.17) is 5.84 Å². The Kier molecular flexibility index (Phi) is 9.70. The Morgan fingerprint density at radius 3 is 1.89 bits per heavy atom. The molecule has 0 spiro atoms. The maximum Gasteiger partial charge on any atom is 0.0394 e. The van der Waals surface area contributed by atoms with Crippen LogP contribution in [0, 0.1) is 0 Å².